The summed E-state index contributed by atoms with van der Waals surface area (Å²) in [6.45, 7) is 1.87. The monoisotopic (exact) mass is 194 g/mol. The van der Waals surface area contributed by atoms with Crippen LogP contribution in [0.2, 0.25) is 0 Å². The third-order valence-electron chi connectivity index (χ3n) is 2.04. The molecular weight excluding hydrogens is 183 g/mol. The second-order valence-corrected chi connectivity index (χ2v) is 3.43. The Hall–Kier alpha value is -1.42. The van der Waals surface area contributed by atoms with Gasteiger partial charge in [0, 0.05) is 17.8 Å². The lowest BCUT2D eigenvalue weighted by atomic mass is 10.1. The highest BCUT2D eigenvalue weighted by atomic mass is 19.1. The number of nitrogens with two attached hydrogens (primary N) is 1. The van der Waals surface area contributed by atoms with Gasteiger partial charge >= 0.3 is 0 Å². The molecule has 0 saturated carbocycles. The molecule has 0 amide bonds. The lowest BCUT2D eigenvalue weighted by molar-refractivity contribution is 0.429. The average Bonchev–Trinajstić information content (AvgIpc) is 2.49. The lowest BCUT2D eigenvalue weighted by Gasteiger charge is -1.99. The molecule has 2 N–H and O–H groups in total. The number of rotatable bonds is 2. The Morgan fingerprint density at radius 2 is 2.36 bits per heavy atom. The second kappa shape index (κ2) is 3.38. The van der Waals surface area contributed by atoms with Crippen LogP contribution in [0.4, 0.5) is 4.39 Å². The van der Waals surface area contributed by atoms with Crippen LogP contribution in [0, 0.1) is 5.82 Å². The molecule has 1 unspecified atom stereocenters. The topological polar surface area (TPSA) is 52.0 Å². The Labute approximate surface area is 80.7 Å². The quantitative estimate of drug-likeness (QED) is 0.793. The van der Waals surface area contributed by atoms with E-state index in [1.807, 2.05) is 6.92 Å². The minimum absolute atomic E-state index is 0.00781. The molecule has 1 aromatic heterocycles. The fourth-order valence-electron chi connectivity index (χ4n) is 1.43. The Bertz CT molecular complexity index is 450. The Kier molecular flexibility index (Phi) is 2.21. The van der Waals surface area contributed by atoms with Gasteiger partial charge in [0.25, 0.3) is 0 Å². The first kappa shape index (κ1) is 9.15. The van der Waals surface area contributed by atoms with E-state index in [4.69, 9.17) is 10.3 Å². The molecule has 2 rings (SSSR count). The van der Waals surface area contributed by atoms with Crippen LogP contribution in [0.5, 0.6) is 0 Å². The summed E-state index contributed by atoms with van der Waals surface area (Å²) in [7, 11) is 0. The van der Waals surface area contributed by atoms with Crippen LogP contribution in [0.3, 0.4) is 0 Å². The van der Waals surface area contributed by atoms with Crippen molar-refractivity contribution in [3.05, 3.63) is 29.7 Å². The SMILES string of the molecule is CC(N)Cc1noc2c(F)cccc12. The lowest BCUT2D eigenvalue weighted by Crippen LogP contribution is -2.17. The molecule has 14 heavy (non-hydrogen) atoms. The van der Waals surface area contributed by atoms with E-state index in [1.165, 1.54) is 6.07 Å². The van der Waals surface area contributed by atoms with E-state index in [-0.39, 0.29) is 17.4 Å². The highest BCUT2D eigenvalue weighted by Crippen LogP contribution is 2.21. The fourth-order valence-corrected chi connectivity index (χ4v) is 1.43. The number of benzene rings is 1. The van der Waals surface area contributed by atoms with Gasteiger partial charge in [-0.2, -0.15) is 0 Å². The van der Waals surface area contributed by atoms with Crippen LogP contribution in [-0.4, -0.2) is 11.2 Å². The summed E-state index contributed by atoms with van der Waals surface area (Å²) in [4.78, 5) is 0. The van der Waals surface area contributed by atoms with Gasteiger partial charge in [0.2, 0.25) is 5.58 Å². The van der Waals surface area contributed by atoms with Crippen LogP contribution in [0.1, 0.15) is 12.6 Å². The van der Waals surface area contributed by atoms with Crippen LogP contribution >= 0.6 is 0 Å². The zero-order valence-corrected chi connectivity index (χ0v) is 7.83. The minimum atomic E-state index is -0.383. The number of fused-ring (bicyclic) bond motifs is 1. The zero-order chi connectivity index (χ0) is 10.1. The van der Waals surface area contributed by atoms with Crippen molar-refractivity contribution in [1.82, 2.24) is 5.16 Å². The largest absolute Gasteiger partial charge is 0.353 e. The molecule has 1 atom stereocenters. The Morgan fingerprint density at radius 3 is 3.07 bits per heavy atom. The summed E-state index contributed by atoms with van der Waals surface area (Å²) < 4.78 is 18.1. The smallest absolute Gasteiger partial charge is 0.202 e. The van der Waals surface area contributed by atoms with Gasteiger partial charge in [-0.15, -0.1) is 0 Å². The van der Waals surface area contributed by atoms with Crippen molar-refractivity contribution in [3.63, 3.8) is 0 Å². The maximum atomic E-state index is 13.2. The minimum Gasteiger partial charge on any atom is -0.353 e. The summed E-state index contributed by atoms with van der Waals surface area (Å²) in [5, 5.41) is 4.51. The van der Waals surface area contributed by atoms with Gasteiger partial charge in [-0.05, 0) is 19.1 Å². The molecule has 74 valence electrons. The number of hydrogen-bond acceptors (Lipinski definition) is 3. The maximum Gasteiger partial charge on any atom is 0.202 e. The first-order valence-electron chi connectivity index (χ1n) is 4.47. The van der Waals surface area contributed by atoms with E-state index >= 15 is 0 Å². The van der Waals surface area contributed by atoms with E-state index in [0.29, 0.717) is 11.8 Å². The van der Waals surface area contributed by atoms with Crippen molar-refractivity contribution in [2.45, 2.75) is 19.4 Å². The number of aromatic nitrogens is 1. The highest BCUT2D eigenvalue weighted by molar-refractivity contribution is 5.79. The number of para-hydroxylation sites is 1. The average molecular weight is 194 g/mol. The van der Waals surface area contributed by atoms with Crippen molar-refractivity contribution >= 4 is 11.0 Å². The van der Waals surface area contributed by atoms with Gasteiger partial charge in [0.1, 0.15) is 0 Å². The first-order valence-corrected chi connectivity index (χ1v) is 4.47. The standard InChI is InChI=1S/C10H11FN2O/c1-6(12)5-9-7-3-2-4-8(11)10(7)14-13-9/h2-4,6H,5,12H2,1H3. The molecule has 1 heterocycles. The third-order valence-corrected chi connectivity index (χ3v) is 2.04. The predicted octanol–water partition coefficient (Wildman–Crippen LogP) is 1.86. The van der Waals surface area contributed by atoms with Gasteiger partial charge in [-0.25, -0.2) is 4.39 Å². The molecule has 0 saturated heterocycles. The molecule has 4 heteroatoms. The molecule has 0 aliphatic carbocycles. The van der Waals surface area contributed by atoms with Gasteiger partial charge in [-0.1, -0.05) is 11.2 Å². The molecule has 0 radical (unpaired) electrons. The van der Waals surface area contributed by atoms with Crippen molar-refractivity contribution in [3.8, 4) is 0 Å². The van der Waals surface area contributed by atoms with Crippen molar-refractivity contribution in [2.24, 2.45) is 5.73 Å². The Balaban J connectivity index is 2.52. The molecule has 1 aromatic carbocycles. The van der Waals surface area contributed by atoms with Crippen LogP contribution in [0.15, 0.2) is 22.7 Å². The van der Waals surface area contributed by atoms with E-state index in [1.54, 1.807) is 12.1 Å². The fraction of sp³-hybridized carbons (Fsp3) is 0.300. The molecule has 0 fully saturated rings. The predicted molar refractivity (Wildman–Crippen MR) is 51.3 cm³/mol. The van der Waals surface area contributed by atoms with Crippen molar-refractivity contribution < 1.29 is 8.91 Å². The molecule has 0 spiro atoms. The number of nitrogens with zero attached hydrogens (tertiary/aromatic N) is 1. The van der Waals surface area contributed by atoms with E-state index < -0.39 is 0 Å². The normalized spacial score (nSPS) is 13.4. The van der Waals surface area contributed by atoms with Crippen molar-refractivity contribution in [1.29, 1.82) is 0 Å². The van der Waals surface area contributed by atoms with Crippen LogP contribution in [0.25, 0.3) is 11.0 Å². The van der Waals surface area contributed by atoms with Crippen LogP contribution in [-0.2, 0) is 6.42 Å². The van der Waals surface area contributed by atoms with Crippen molar-refractivity contribution in [2.75, 3.05) is 0 Å². The molecule has 0 aliphatic heterocycles. The van der Waals surface area contributed by atoms with Gasteiger partial charge in [0.05, 0.1) is 5.69 Å². The summed E-state index contributed by atoms with van der Waals surface area (Å²) in [5.41, 5.74) is 6.57. The van der Waals surface area contributed by atoms with Gasteiger partial charge in [-0.3, -0.25) is 0 Å². The maximum absolute atomic E-state index is 13.2. The summed E-state index contributed by atoms with van der Waals surface area (Å²) >= 11 is 0. The highest BCUT2D eigenvalue weighted by Gasteiger charge is 2.12. The van der Waals surface area contributed by atoms with Gasteiger partial charge in [0.15, 0.2) is 5.82 Å². The van der Waals surface area contributed by atoms with E-state index in [9.17, 15) is 4.39 Å². The molecule has 0 aliphatic rings. The Morgan fingerprint density at radius 1 is 1.57 bits per heavy atom. The number of hydrogen-bond donors (Lipinski definition) is 1. The summed E-state index contributed by atoms with van der Waals surface area (Å²) in [6, 6.07) is 4.77. The molecule has 3 nitrogen and oxygen atoms in total. The molecular formula is C10H11FN2O. The summed E-state index contributed by atoms with van der Waals surface area (Å²) in [6.07, 6.45) is 0.594. The summed E-state index contributed by atoms with van der Waals surface area (Å²) in [5.74, 6) is -0.383. The number of halogens is 1. The van der Waals surface area contributed by atoms with Gasteiger partial charge < -0.3 is 10.3 Å². The van der Waals surface area contributed by atoms with Crippen LogP contribution < -0.4 is 5.73 Å². The second-order valence-electron chi connectivity index (χ2n) is 3.43. The van der Waals surface area contributed by atoms with E-state index in [0.717, 1.165) is 5.69 Å². The van der Waals surface area contributed by atoms with E-state index in [2.05, 4.69) is 5.16 Å². The first-order chi connectivity index (χ1) is 6.68. The molecule has 0 bridgehead atoms. The molecule has 2 aromatic rings. The zero-order valence-electron chi connectivity index (χ0n) is 7.83. The third kappa shape index (κ3) is 1.48.